The summed E-state index contributed by atoms with van der Waals surface area (Å²) in [5.41, 5.74) is -10.6. The van der Waals surface area contributed by atoms with Gasteiger partial charge in [0.2, 0.25) is 0 Å². The van der Waals surface area contributed by atoms with Crippen molar-refractivity contribution in [2.75, 3.05) is 0 Å². The Kier molecular flexibility index (Phi) is 5.87. The molecule has 13 heteroatoms. The third kappa shape index (κ3) is 3.57. The van der Waals surface area contributed by atoms with E-state index in [4.69, 9.17) is 9.47 Å². The Balaban J connectivity index is 1.95. The predicted octanol–water partition coefficient (Wildman–Crippen LogP) is 3.38. The summed E-state index contributed by atoms with van der Waals surface area (Å²) in [6.45, 7) is 5.44. The maximum Gasteiger partial charge on any atom is 0.430 e. The molecule has 2 fully saturated rings. The Morgan fingerprint density at radius 3 is 2.03 bits per heavy atom. The molecule has 4 atom stereocenters. The summed E-state index contributed by atoms with van der Waals surface area (Å²) < 4.78 is 95.3. The van der Waals surface area contributed by atoms with E-state index in [9.17, 15) is 45.8 Å². The van der Waals surface area contributed by atoms with Gasteiger partial charge in [-0.25, -0.2) is 9.59 Å². The molecule has 1 aliphatic heterocycles. The van der Waals surface area contributed by atoms with Crippen LogP contribution in [0.4, 0.5) is 26.3 Å². The summed E-state index contributed by atoms with van der Waals surface area (Å²) in [6, 6.07) is 0. The van der Waals surface area contributed by atoms with E-state index >= 15 is 0 Å². The summed E-state index contributed by atoms with van der Waals surface area (Å²) in [5, 5.41) is 9.70. The van der Waals surface area contributed by atoms with Crippen molar-refractivity contribution in [1.82, 2.24) is 0 Å². The van der Waals surface area contributed by atoms with Crippen LogP contribution in [-0.2, 0) is 28.6 Å². The van der Waals surface area contributed by atoms with E-state index in [-0.39, 0.29) is 25.8 Å². The van der Waals surface area contributed by atoms with Crippen molar-refractivity contribution in [3.8, 4) is 0 Å². The zero-order valence-corrected chi connectivity index (χ0v) is 18.9. The van der Waals surface area contributed by atoms with E-state index < -0.39 is 76.5 Å². The van der Waals surface area contributed by atoms with E-state index in [2.05, 4.69) is 4.74 Å². The van der Waals surface area contributed by atoms with Crippen LogP contribution in [-0.4, -0.2) is 58.8 Å². The minimum atomic E-state index is -6.25. The maximum atomic E-state index is 13.3. The fraction of sp³-hybridized carbons (Fsp3) is 0.762. The van der Waals surface area contributed by atoms with Gasteiger partial charge in [-0.1, -0.05) is 6.92 Å². The van der Waals surface area contributed by atoms with E-state index in [0.717, 1.165) is 0 Å². The molecular formula is C21H24F6O7. The summed E-state index contributed by atoms with van der Waals surface area (Å²) >= 11 is 0. The molecule has 1 saturated carbocycles. The third-order valence-electron chi connectivity index (χ3n) is 7.06. The number of aliphatic hydroxyl groups is 1. The van der Waals surface area contributed by atoms with Crippen LogP contribution in [0.1, 0.15) is 47.5 Å². The van der Waals surface area contributed by atoms with Crippen molar-refractivity contribution in [3.05, 3.63) is 11.1 Å². The molecule has 192 valence electrons. The Bertz CT molecular complexity index is 932. The first-order chi connectivity index (χ1) is 15.2. The molecule has 2 bridgehead atoms. The van der Waals surface area contributed by atoms with Crippen LogP contribution in [0.15, 0.2) is 11.1 Å². The van der Waals surface area contributed by atoms with E-state index in [1.807, 2.05) is 0 Å². The molecular weight excluding hydrogens is 478 g/mol. The highest BCUT2D eigenvalue weighted by Crippen LogP contribution is 2.57. The Morgan fingerprint density at radius 2 is 1.56 bits per heavy atom. The topological polar surface area (TPSA) is 99.1 Å². The zero-order chi connectivity index (χ0) is 26.2. The predicted molar refractivity (Wildman–Crippen MR) is 99.7 cm³/mol. The number of esters is 3. The SMILES string of the molecule is CCC(C)(C)C(=O)OC1C2CC3C(=C2C(=O)OC(C)(C)C(O)(C(F)(F)F)C(F)(F)F)C(=O)OC31. The Hall–Kier alpha value is -2.31. The number of hydrogen-bond donors (Lipinski definition) is 1. The molecule has 0 radical (unpaired) electrons. The molecule has 0 aromatic rings. The average molecular weight is 502 g/mol. The molecule has 2 aliphatic carbocycles. The highest BCUT2D eigenvalue weighted by atomic mass is 19.4. The summed E-state index contributed by atoms with van der Waals surface area (Å²) in [4.78, 5) is 37.8. The van der Waals surface area contributed by atoms with E-state index in [1.54, 1.807) is 20.8 Å². The van der Waals surface area contributed by atoms with Crippen molar-refractivity contribution >= 4 is 17.9 Å². The van der Waals surface area contributed by atoms with Gasteiger partial charge in [0, 0.05) is 11.8 Å². The fourth-order valence-electron chi connectivity index (χ4n) is 4.60. The van der Waals surface area contributed by atoms with Crippen molar-refractivity contribution < 1.29 is 60.0 Å². The molecule has 1 saturated heterocycles. The third-order valence-corrected chi connectivity index (χ3v) is 7.06. The molecule has 4 unspecified atom stereocenters. The van der Waals surface area contributed by atoms with Gasteiger partial charge in [0.1, 0.15) is 12.2 Å². The monoisotopic (exact) mass is 502 g/mol. The molecule has 0 aromatic carbocycles. The summed E-state index contributed by atoms with van der Waals surface area (Å²) in [5.74, 6) is -5.07. The van der Waals surface area contributed by atoms with Crippen molar-refractivity contribution in [3.63, 3.8) is 0 Å². The van der Waals surface area contributed by atoms with Crippen LogP contribution < -0.4 is 0 Å². The Labute approximate surface area is 190 Å². The zero-order valence-electron chi connectivity index (χ0n) is 18.9. The lowest BCUT2D eigenvalue weighted by Gasteiger charge is -2.43. The highest BCUT2D eigenvalue weighted by molar-refractivity contribution is 6.05. The number of rotatable bonds is 6. The number of hydrogen-bond acceptors (Lipinski definition) is 7. The number of fused-ring (bicyclic) bond motifs is 1. The molecule has 1 N–H and O–H groups in total. The standard InChI is InChI=1S/C21H24F6O7/c1-6-17(2,3)16(30)33-13-9-7-8-10(14(28)32-12(8)13)11(9)15(29)34-18(4,5)19(31,20(22,23)24)21(25,26)27/h8-9,12-13,31H,6-7H2,1-5H3. The first kappa shape index (κ1) is 26.3. The number of alkyl halides is 6. The lowest BCUT2D eigenvalue weighted by molar-refractivity contribution is -0.407. The van der Waals surface area contributed by atoms with Crippen molar-refractivity contribution in [2.24, 2.45) is 17.3 Å². The van der Waals surface area contributed by atoms with Gasteiger partial charge in [0.15, 0.2) is 5.60 Å². The van der Waals surface area contributed by atoms with Crippen molar-refractivity contribution in [1.29, 1.82) is 0 Å². The number of carbonyl (C=O) groups excluding carboxylic acids is 3. The highest BCUT2D eigenvalue weighted by Gasteiger charge is 2.79. The van der Waals surface area contributed by atoms with Gasteiger partial charge in [-0.05, 0) is 40.5 Å². The number of halogens is 6. The lowest BCUT2D eigenvalue weighted by atomic mass is 9.83. The second kappa shape index (κ2) is 7.59. The summed E-state index contributed by atoms with van der Waals surface area (Å²) in [7, 11) is 0. The van der Waals surface area contributed by atoms with Gasteiger partial charge in [0.05, 0.1) is 16.6 Å². The molecule has 3 aliphatic rings. The van der Waals surface area contributed by atoms with Gasteiger partial charge in [-0.2, -0.15) is 26.3 Å². The maximum absolute atomic E-state index is 13.3. The van der Waals surface area contributed by atoms with Gasteiger partial charge in [-0.15, -0.1) is 0 Å². The number of carbonyl (C=O) groups is 3. The molecule has 3 rings (SSSR count). The normalized spacial score (nSPS) is 27.2. The first-order valence-corrected chi connectivity index (χ1v) is 10.5. The molecule has 0 spiro atoms. The molecule has 34 heavy (non-hydrogen) atoms. The van der Waals surface area contributed by atoms with Crippen LogP contribution in [0, 0.1) is 17.3 Å². The largest absolute Gasteiger partial charge is 0.457 e. The average Bonchev–Trinajstić information content (AvgIpc) is 3.28. The van der Waals surface area contributed by atoms with Gasteiger partial charge in [-0.3, -0.25) is 4.79 Å². The van der Waals surface area contributed by atoms with Gasteiger partial charge in [0.25, 0.3) is 5.60 Å². The number of ether oxygens (including phenoxy) is 3. The molecule has 1 heterocycles. The van der Waals surface area contributed by atoms with Crippen LogP contribution >= 0.6 is 0 Å². The van der Waals surface area contributed by atoms with Crippen LogP contribution in [0.3, 0.4) is 0 Å². The first-order valence-electron chi connectivity index (χ1n) is 10.5. The van der Waals surface area contributed by atoms with E-state index in [1.165, 1.54) is 0 Å². The second-order valence-corrected chi connectivity index (χ2v) is 9.86. The van der Waals surface area contributed by atoms with Gasteiger partial charge >= 0.3 is 30.3 Å². The van der Waals surface area contributed by atoms with E-state index in [0.29, 0.717) is 6.42 Å². The smallest absolute Gasteiger partial charge is 0.430 e. The minimum absolute atomic E-state index is 0.0594. The fourth-order valence-corrected chi connectivity index (χ4v) is 4.60. The molecule has 0 aromatic heterocycles. The van der Waals surface area contributed by atoms with Crippen molar-refractivity contribution in [2.45, 2.75) is 83.2 Å². The van der Waals surface area contributed by atoms with Crippen LogP contribution in [0.2, 0.25) is 0 Å². The Morgan fingerprint density at radius 1 is 1.03 bits per heavy atom. The molecule has 7 nitrogen and oxygen atoms in total. The summed E-state index contributed by atoms with van der Waals surface area (Å²) in [6.07, 6.45) is -14.1. The van der Waals surface area contributed by atoms with Crippen LogP contribution in [0.25, 0.3) is 0 Å². The second-order valence-electron chi connectivity index (χ2n) is 9.86. The van der Waals surface area contributed by atoms with Gasteiger partial charge < -0.3 is 19.3 Å². The van der Waals surface area contributed by atoms with Crippen LogP contribution in [0.5, 0.6) is 0 Å². The minimum Gasteiger partial charge on any atom is -0.457 e. The lowest BCUT2D eigenvalue weighted by Crippen LogP contribution is -2.70. The molecule has 0 amide bonds. The quantitative estimate of drug-likeness (QED) is 0.338.